The molecule has 14 heavy (non-hydrogen) atoms. The van der Waals surface area contributed by atoms with Crippen molar-refractivity contribution >= 4 is 33.2 Å². The van der Waals surface area contributed by atoms with Crippen molar-refractivity contribution < 1.29 is 0 Å². The summed E-state index contributed by atoms with van der Waals surface area (Å²) in [6, 6.07) is 8.10. The Labute approximate surface area is 98.2 Å². The number of piperidine rings is 1. The fraction of sp³-hybridized carbons (Fsp3) is 0.455. The van der Waals surface area contributed by atoms with Crippen LogP contribution in [0.1, 0.15) is 12.8 Å². The molecule has 0 aliphatic carbocycles. The summed E-state index contributed by atoms with van der Waals surface area (Å²) in [5.41, 5.74) is 1.29. The number of halogens is 2. The molecule has 0 aromatic heterocycles. The van der Waals surface area contributed by atoms with Gasteiger partial charge < -0.3 is 4.90 Å². The van der Waals surface area contributed by atoms with E-state index in [1.807, 2.05) is 12.1 Å². The van der Waals surface area contributed by atoms with Crippen LogP contribution in [0.2, 0.25) is 5.02 Å². The summed E-state index contributed by atoms with van der Waals surface area (Å²) in [5.74, 6) is 0. The zero-order valence-corrected chi connectivity index (χ0v) is 10.3. The molecule has 0 atom stereocenters. The summed E-state index contributed by atoms with van der Waals surface area (Å²) in [5, 5.41) is 0.809. The lowest BCUT2D eigenvalue weighted by Crippen LogP contribution is -2.33. The Balaban J connectivity index is 2.05. The van der Waals surface area contributed by atoms with Crippen molar-refractivity contribution in [2.45, 2.75) is 17.7 Å². The minimum absolute atomic E-state index is 0.700. The molecule has 3 heteroatoms. The van der Waals surface area contributed by atoms with E-state index in [4.69, 9.17) is 11.6 Å². The quantitative estimate of drug-likeness (QED) is 0.706. The van der Waals surface area contributed by atoms with Gasteiger partial charge >= 0.3 is 0 Å². The fourth-order valence-electron chi connectivity index (χ4n) is 1.76. The molecular weight excluding hydrogens is 261 g/mol. The van der Waals surface area contributed by atoms with Gasteiger partial charge in [0.1, 0.15) is 0 Å². The van der Waals surface area contributed by atoms with Crippen LogP contribution >= 0.6 is 27.5 Å². The van der Waals surface area contributed by atoms with Crippen LogP contribution in [0.4, 0.5) is 5.69 Å². The van der Waals surface area contributed by atoms with E-state index in [0.717, 1.165) is 18.1 Å². The zero-order valence-electron chi connectivity index (χ0n) is 7.92. The first kappa shape index (κ1) is 10.3. The molecule has 1 heterocycles. The van der Waals surface area contributed by atoms with E-state index in [9.17, 15) is 0 Å². The molecule has 0 saturated carbocycles. The summed E-state index contributed by atoms with van der Waals surface area (Å²) in [4.78, 5) is 3.11. The molecular formula is C11H13BrClN. The number of rotatable bonds is 1. The normalized spacial score (nSPS) is 18.6. The second kappa shape index (κ2) is 4.54. The van der Waals surface area contributed by atoms with Crippen LogP contribution in [0.25, 0.3) is 0 Å². The van der Waals surface area contributed by atoms with Crippen molar-refractivity contribution in [1.29, 1.82) is 0 Å². The van der Waals surface area contributed by atoms with Crippen molar-refractivity contribution in [1.82, 2.24) is 0 Å². The van der Waals surface area contributed by atoms with E-state index in [1.54, 1.807) is 0 Å². The van der Waals surface area contributed by atoms with Crippen LogP contribution in [0.5, 0.6) is 0 Å². The summed E-state index contributed by atoms with van der Waals surface area (Å²) >= 11 is 9.50. The molecule has 0 unspecified atom stereocenters. The molecule has 0 spiro atoms. The minimum Gasteiger partial charge on any atom is -0.371 e. The summed E-state index contributed by atoms with van der Waals surface area (Å²) < 4.78 is 0. The van der Waals surface area contributed by atoms with Gasteiger partial charge in [0.05, 0.1) is 0 Å². The fourth-order valence-corrected chi connectivity index (χ4v) is 2.29. The summed E-state index contributed by atoms with van der Waals surface area (Å²) in [6.07, 6.45) is 2.45. The predicted molar refractivity (Wildman–Crippen MR) is 65.6 cm³/mol. The van der Waals surface area contributed by atoms with Gasteiger partial charge in [-0.3, -0.25) is 0 Å². The molecule has 1 aliphatic heterocycles. The van der Waals surface area contributed by atoms with Gasteiger partial charge in [0.25, 0.3) is 0 Å². The molecule has 2 rings (SSSR count). The Morgan fingerprint density at radius 2 is 1.71 bits per heavy atom. The predicted octanol–water partition coefficient (Wildman–Crippen LogP) is 3.70. The van der Waals surface area contributed by atoms with E-state index in [1.165, 1.54) is 18.5 Å². The second-order valence-corrected chi connectivity index (χ2v) is 5.37. The molecule has 0 N–H and O–H groups in total. The van der Waals surface area contributed by atoms with Crippen LogP contribution in [-0.4, -0.2) is 17.9 Å². The van der Waals surface area contributed by atoms with E-state index in [-0.39, 0.29) is 0 Å². The molecule has 1 fully saturated rings. The number of nitrogens with zero attached hydrogens (tertiary/aromatic N) is 1. The molecule has 0 amide bonds. The summed E-state index contributed by atoms with van der Waals surface area (Å²) in [7, 11) is 0. The average molecular weight is 275 g/mol. The third-order valence-corrected chi connectivity index (χ3v) is 3.78. The van der Waals surface area contributed by atoms with Crippen molar-refractivity contribution in [3.63, 3.8) is 0 Å². The van der Waals surface area contributed by atoms with E-state index < -0.39 is 0 Å². The van der Waals surface area contributed by atoms with Crippen molar-refractivity contribution in [2.24, 2.45) is 0 Å². The van der Waals surface area contributed by atoms with Crippen LogP contribution < -0.4 is 4.90 Å². The second-order valence-electron chi connectivity index (χ2n) is 3.64. The number of hydrogen-bond donors (Lipinski definition) is 0. The lowest BCUT2D eigenvalue weighted by molar-refractivity contribution is 0.597. The molecule has 1 aliphatic rings. The van der Waals surface area contributed by atoms with Gasteiger partial charge in [-0.2, -0.15) is 0 Å². The first-order valence-electron chi connectivity index (χ1n) is 4.90. The van der Waals surface area contributed by atoms with E-state index in [2.05, 4.69) is 33.0 Å². The van der Waals surface area contributed by atoms with Gasteiger partial charge in [0.15, 0.2) is 0 Å². The highest BCUT2D eigenvalue weighted by Crippen LogP contribution is 2.24. The molecule has 0 bridgehead atoms. The maximum Gasteiger partial charge on any atom is 0.0407 e. The first-order valence-corrected chi connectivity index (χ1v) is 6.19. The number of hydrogen-bond acceptors (Lipinski definition) is 1. The lowest BCUT2D eigenvalue weighted by atomic mass is 10.1. The first-order chi connectivity index (χ1) is 6.75. The Morgan fingerprint density at radius 3 is 2.29 bits per heavy atom. The molecule has 76 valence electrons. The van der Waals surface area contributed by atoms with E-state index in [0.29, 0.717) is 4.83 Å². The zero-order chi connectivity index (χ0) is 9.97. The Bertz CT molecular complexity index is 291. The number of anilines is 1. The Morgan fingerprint density at radius 1 is 1.14 bits per heavy atom. The third kappa shape index (κ3) is 2.43. The number of alkyl halides is 1. The SMILES string of the molecule is Clc1ccc(N2CCC(Br)CC2)cc1. The van der Waals surface area contributed by atoms with Crippen LogP contribution in [0, 0.1) is 0 Å². The molecule has 1 aromatic carbocycles. The standard InChI is InChI=1S/C11H13BrClN/c12-9-5-7-14(8-6-9)11-3-1-10(13)2-4-11/h1-4,9H,5-8H2. The monoisotopic (exact) mass is 273 g/mol. The van der Waals surface area contributed by atoms with Crippen molar-refractivity contribution in [3.05, 3.63) is 29.3 Å². The van der Waals surface area contributed by atoms with Gasteiger partial charge in [-0.15, -0.1) is 0 Å². The highest BCUT2D eigenvalue weighted by atomic mass is 79.9. The van der Waals surface area contributed by atoms with E-state index >= 15 is 0 Å². The average Bonchev–Trinajstić information content (AvgIpc) is 2.21. The van der Waals surface area contributed by atoms with Gasteiger partial charge in [-0.05, 0) is 37.1 Å². The largest absolute Gasteiger partial charge is 0.371 e. The molecule has 1 nitrogen and oxygen atoms in total. The Hall–Kier alpha value is -0.210. The molecule has 1 aromatic rings. The topological polar surface area (TPSA) is 3.24 Å². The highest BCUT2D eigenvalue weighted by Gasteiger charge is 2.16. The van der Waals surface area contributed by atoms with Crippen LogP contribution in [0.3, 0.4) is 0 Å². The van der Waals surface area contributed by atoms with Crippen LogP contribution in [-0.2, 0) is 0 Å². The lowest BCUT2D eigenvalue weighted by Gasteiger charge is -2.31. The number of benzene rings is 1. The highest BCUT2D eigenvalue weighted by molar-refractivity contribution is 9.09. The maximum absolute atomic E-state index is 5.85. The minimum atomic E-state index is 0.700. The summed E-state index contributed by atoms with van der Waals surface area (Å²) in [6.45, 7) is 2.27. The third-order valence-electron chi connectivity index (χ3n) is 2.62. The molecule has 0 radical (unpaired) electrons. The van der Waals surface area contributed by atoms with Crippen molar-refractivity contribution in [2.75, 3.05) is 18.0 Å². The van der Waals surface area contributed by atoms with Crippen molar-refractivity contribution in [3.8, 4) is 0 Å². The smallest absolute Gasteiger partial charge is 0.0407 e. The maximum atomic E-state index is 5.85. The Kier molecular flexibility index (Phi) is 3.34. The van der Waals surface area contributed by atoms with Gasteiger partial charge in [0, 0.05) is 28.6 Å². The van der Waals surface area contributed by atoms with Gasteiger partial charge in [-0.1, -0.05) is 27.5 Å². The van der Waals surface area contributed by atoms with Gasteiger partial charge in [-0.25, -0.2) is 0 Å². The van der Waals surface area contributed by atoms with Gasteiger partial charge in [0.2, 0.25) is 0 Å². The molecule has 1 saturated heterocycles. The van der Waals surface area contributed by atoms with Crippen LogP contribution in [0.15, 0.2) is 24.3 Å².